The van der Waals surface area contributed by atoms with E-state index in [1.54, 1.807) is 14.5 Å². The molecule has 0 unspecified atom stereocenters. The Morgan fingerprint density at radius 1 is 1.13 bits per heavy atom. The summed E-state index contributed by atoms with van der Waals surface area (Å²) in [4.78, 5) is 0. The summed E-state index contributed by atoms with van der Waals surface area (Å²) >= 11 is 1.17. The van der Waals surface area contributed by atoms with Crippen molar-refractivity contribution in [3.8, 4) is 0 Å². The second-order valence-corrected chi connectivity index (χ2v) is 6.63. The van der Waals surface area contributed by atoms with Gasteiger partial charge in [0, 0.05) is 0 Å². The molecular formula is C14H18Fe. The Morgan fingerprint density at radius 3 is 2.53 bits per heavy atom. The third-order valence-corrected chi connectivity index (χ3v) is 4.23. The normalized spacial score (nSPS) is 20.6. The molecule has 0 N–H and O–H groups in total. The summed E-state index contributed by atoms with van der Waals surface area (Å²) in [6, 6.07) is 0. The van der Waals surface area contributed by atoms with E-state index < -0.39 is 0 Å². The molecule has 0 atom stereocenters. The Kier molecular flexibility index (Phi) is 3.04. The Labute approximate surface area is 99.0 Å². The minimum atomic E-state index is 0.301. The van der Waals surface area contributed by atoms with E-state index in [9.17, 15) is 0 Å². The van der Waals surface area contributed by atoms with E-state index in [1.165, 1.54) is 15.0 Å². The fourth-order valence-electron chi connectivity index (χ4n) is 1.83. The fourth-order valence-corrected chi connectivity index (χ4v) is 3.59. The van der Waals surface area contributed by atoms with Crippen LogP contribution in [0.2, 0.25) is 0 Å². The van der Waals surface area contributed by atoms with Crippen LogP contribution in [0.5, 0.6) is 0 Å². The molecule has 2 rings (SSSR count). The monoisotopic (exact) mass is 242 g/mol. The van der Waals surface area contributed by atoms with Gasteiger partial charge in [-0.2, -0.15) is 0 Å². The van der Waals surface area contributed by atoms with Gasteiger partial charge in [-0.05, 0) is 0 Å². The van der Waals surface area contributed by atoms with Crippen molar-refractivity contribution in [2.45, 2.75) is 33.6 Å². The van der Waals surface area contributed by atoms with Gasteiger partial charge in [-0.3, -0.25) is 0 Å². The summed E-state index contributed by atoms with van der Waals surface area (Å²) in [5.74, 6) is 0. The van der Waals surface area contributed by atoms with Crippen LogP contribution < -0.4 is 0 Å². The molecule has 0 aromatic rings. The Balaban J connectivity index is 2.14. The van der Waals surface area contributed by atoms with Crippen molar-refractivity contribution in [1.82, 2.24) is 0 Å². The van der Waals surface area contributed by atoms with Crippen molar-refractivity contribution in [3.63, 3.8) is 0 Å². The second kappa shape index (κ2) is 4.15. The van der Waals surface area contributed by atoms with Gasteiger partial charge in [-0.1, -0.05) is 0 Å². The number of allylic oxidation sites excluding steroid dienone is 8. The standard InChI is InChI=1S/C9H13.C5H5.Fe/c1-9(2,3)8-6-4-5-7-8;1-2-4-5-3-1;/h4,6H,5H2,1-3H3;1-3H,4H2;. The molecular weight excluding hydrogens is 224 g/mol. The average molecular weight is 242 g/mol. The summed E-state index contributed by atoms with van der Waals surface area (Å²) in [6.07, 6.45) is 13.6. The molecule has 0 fully saturated rings. The molecule has 82 valence electrons. The van der Waals surface area contributed by atoms with E-state index in [2.05, 4.69) is 51.2 Å². The average Bonchev–Trinajstić information content (AvgIpc) is 2.73. The predicted octanol–water partition coefficient (Wildman–Crippen LogP) is 4.17. The molecule has 2 aliphatic rings. The predicted molar refractivity (Wildman–Crippen MR) is 62.1 cm³/mol. The number of hydrogen-bond donors (Lipinski definition) is 0. The molecule has 0 saturated heterocycles. The van der Waals surface area contributed by atoms with Crippen LogP contribution in [-0.4, -0.2) is 0 Å². The first-order chi connectivity index (χ1) is 7.07. The van der Waals surface area contributed by atoms with Crippen molar-refractivity contribution in [2.75, 3.05) is 0 Å². The molecule has 0 nitrogen and oxygen atoms in total. The van der Waals surface area contributed by atoms with Crippen molar-refractivity contribution in [2.24, 2.45) is 5.41 Å². The van der Waals surface area contributed by atoms with Gasteiger partial charge in [0.15, 0.2) is 0 Å². The van der Waals surface area contributed by atoms with Crippen molar-refractivity contribution in [3.05, 3.63) is 44.9 Å². The van der Waals surface area contributed by atoms with Gasteiger partial charge >= 0.3 is 98.9 Å². The third kappa shape index (κ3) is 2.53. The summed E-state index contributed by atoms with van der Waals surface area (Å²) in [7, 11) is 0. The summed E-state index contributed by atoms with van der Waals surface area (Å²) in [6.45, 7) is 6.91. The second-order valence-electron chi connectivity index (χ2n) is 4.98. The quantitative estimate of drug-likeness (QED) is 0.637. The van der Waals surface area contributed by atoms with E-state index in [1.807, 2.05) is 0 Å². The molecule has 0 amide bonds. The van der Waals surface area contributed by atoms with Gasteiger partial charge in [-0.25, -0.2) is 0 Å². The molecule has 2 aliphatic carbocycles. The molecule has 0 aromatic carbocycles. The van der Waals surface area contributed by atoms with Crippen LogP contribution in [0.4, 0.5) is 0 Å². The minimum absolute atomic E-state index is 0.301. The van der Waals surface area contributed by atoms with Crippen LogP contribution >= 0.6 is 0 Å². The van der Waals surface area contributed by atoms with Crippen molar-refractivity contribution in [1.29, 1.82) is 0 Å². The maximum atomic E-state index is 2.32. The van der Waals surface area contributed by atoms with E-state index in [4.69, 9.17) is 0 Å². The Bertz CT molecular complexity index is 373. The van der Waals surface area contributed by atoms with Crippen LogP contribution in [0, 0.1) is 5.41 Å². The zero-order valence-corrected chi connectivity index (χ0v) is 10.8. The molecule has 0 saturated carbocycles. The Morgan fingerprint density at radius 2 is 1.93 bits per heavy atom. The zero-order valence-electron chi connectivity index (χ0n) is 9.65. The molecule has 1 heteroatoms. The van der Waals surface area contributed by atoms with E-state index in [0.29, 0.717) is 5.41 Å². The van der Waals surface area contributed by atoms with E-state index in [-0.39, 0.29) is 0 Å². The van der Waals surface area contributed by atoms with Crippen LogP contribution in [0.3, 0.4) is 0 Å². The molecule has 0 aliphatic heterocycles. The molecule has 15 heavy (non-hydrogen) atoms. The van der Waals surface area contributed by atoms with Crippen molar-refractivity contribution >= 4 is 0 Å². The topological polar surface area (TPSA) is 0 Å². The van der Waals surface area contributed by atoms with Crippen LogP contribution in [-0.2, 0) is 15.0 Å². The SMILES string of the molecule is CC(C)(C)C1=[C]([Fe][C]2=CC=CC2)CC=C1. The Hall–Kier alpha value is -0.521. The van der Waals surface area contributed by atoms with E-state index in [0.717, 1.165) is 12.8 Å². The molecule has 0 aromatic heterocycles. The number of rotatable bonds is 2. The summed E-state index contributed by atoms with van der Waals surface area (Å²) in [5.41, 5.74) is 1.85. The third-order valence-electron chi connectivity index (χ3n) is 2.61. The first-order valence-corrected chi connectivity index (χ1v) is 6.56. The maximum absolute atomic E-state index is 2.32. The van der Waals surface area contributed by atoms with Gasteiger partial charge < -0.3 is 0 Å². The fraction of sp³-hybridized carbons (Fsp3) is 0.429. The van der Waals surface area contributed by atoms with Crippen molar-refractivity contribution < 1.29 is 15.0 Å². The van der Waals surface area contributed by atoms with Gasteiger partial charge in [0.1, 0.15) is 0 Å². The first-order valence-electron chi connectivity index (χ1n) is 5.45. The van der Waals surface area contributed by atoms with Gasteiger partial charge in [0.25, 0.3) is 0 Å². The van der Waals surface area contributed by atoms with Crippen LogP contribution in [0.15, 0.2) is 44.9 Å². The van der Waals surface area contributed by atoms with Gasteiger partial charge in [0.2, 0.25) is 0 Å². The molecule has 0 spiro atoms. The van der Waals surface area contributed by atoms with E-state index >= 15 is 0 Å². The molecule has 0 bridgehead atoms. The molecule has 0 heterocycles. The molecule has 0 radical (unpaired) electrons. The zero-order chi connectivity index (χ0) is 10.9. The van der Waals surface area contributed by atoms with Crippen LogP contribution in [0.1, 0.15) is 33.6 Å². The number of hydrogen-bond acceptors (Lipinski definition) is 0. The van der Waals surface area contributed by atoms with Gasteiger partial charge in [-0.15, -0.1) is 0 Å². The van der Waals surface area contributed by atoms with Crippen LogP contribution in [0.25, 0.3) is 0 Å². The first kappa shape index (κ1) is 11.0. The van der Waals surface area contributed by atoms with Gasteiger partial charge in [0.05, 0.1) is 0 Å². The summed E-state index contributed by atoms with van der Waals surface area (Å²) in [5, 5.41) is 0. The summed E-state index contributed by atoms with van der Waals surface area (Å²) < 4.78 is 3.19.